The summed E-state index contributed by atoms with van der Waals surface area (Å²) in [6, 6.07) is -1.05. The molecule has 6 nitrogen and oxygen atoms in total. The quantitative estimate of drug-likeness (QED) is 0.0434. The Morgan fingerprint density at radius 1 is 0.634 bits per heavy atom. The molecule has 2 atom stereocenters. The van der Waals surface area contributed by atoms with Crippen LogP contribution >= 0.6 is 0 Å². The average molecular weight is 600 g/mol. The van der Waals surface area contributed by atoms with E-state index >= 15 is 0 Å². The maximum Gasteiger partial charge on any atom is 0.267 e. The van der Waals surface area contributed by atoms with Gasteiger partial charge in [-0.1, -0.05) is 141 Å². The number of carbonyl (C=O) groups is 1. The molecule has 0 spiro atoms. The highest BCUT2D eigenvalue weighted by atomic mass is 32.2. The molecule has 0 rings (SSSR count). The Hall–Kier alpha value is -1.18. The predicted octanol–water partition coefficient (Wildman–Crippen LogP) is 9.23. The number of amides is 1. The van der Waals surface area contributed by atoms with Gasteiger partial charge in [0.2, 0.25) is 5.91 Å². The second-order valence-electron chi connectivity index (χ2n) is 11.8. The van der Waals surface area contributed by atoms with E-state index in [1.165, 1.54) is 115 Å². The molecule has 0 saturated carbocycles. The number of aliphatic hydroxyl groups is 1. The maximum absolute atomic E-state index is 12.4. The fourth-order valence-electron chi connectivity index (χ4n) is 5.03. The molecular formula is C34H65NO5S. The Kier molecular flexibility index (Phi) is 28.1. The summed E-state index contributed by atoms with van der Waals surface area (Å²) < 4.78 is 32.1. The summed E-state index contributed by atoms with van der Waals surface area (Å²) in [6.07, 6.45) is 34.7. The molecule has 7 heteroatoms. The summed E-state index contributed by atoms with van der Waals surface area (Å²) in [6.45, 7) is 4.43. The number of hydrogen-bond donors (Lipinski definition) is 3. The van der Waals surface area contributed by atoms with Gasteiger partial charge in [0.25, 0.3) is 10.1 Å². The summed E-state index contributed by atoms with van der Waals surface area (Å²) in [5.41, 5.74) is 0. The van der Waals surface area contributed by atoms with Crippen molar-refractivity contribution >= 4 is 16.0 Å². The first kappa shape index (κ1) is 39.8. The first-order chi connectivity index (χ1) is 19.8. The van der Waals surface area contributed by atoms with E-state index in [-0.39, 0.29) is 5.91 Å². The van der Waals surface area contributed by atoms with Crippen LogP contribution in [0.2, 0.25) is 0 Å². The molecule has 0 bridgehead atoms. The second kappa shape index (κ2) is 28.9. The SMILES string of the molecule is CCCCCCC/C=C/C(O)C(CS(=O)(=O)O)NC(=O)CCCCCCCCCCC/C=C\CCCCCCCC. The summed E-state index contributed by atoms with van der Waals surface area (Å²) in [7, 11) is -4.33. The Morgan fingerprint density at radius 3 is 1.46 bits per heavy atom. The lowest BCUT2D eigenvalue weighted by atomic mass is 10.0. The van der Waals surface area contributed by atoms with Crippen molar-refractivity contribution < 1.29 is 22.9 Å². The van der Waals surface area contributed by atoms with Gasteiger partial charge in [-0.05, 0) is 44.9 Å². The molecule has 0 aromatic carbocycles. The van der Waals surface area contributed by atoms with E-state index in [1.54, 1.807) is 0 Å². The molecule has 3 N–H and O–H groups in total. The van der Waals surface area contributed by atoms with Gasteiger partial charge in [-0.3, -0.25) is 9.35 Å². The fraction of sp³-hybridized carbons (Fsp3) is 0.853. The zero-order valence-electron chi connectivity index (χ0n) is 26.7. The molecule has 0 heterocycles. The predicted molar refractivity (Wildman–Crippen MR) is 175 cm³/mol. The van der Waals surface area contributed by atoms with Crippen LogP contribution in [0.4, 0.5) is 0 Å². The lowest BCUT2D eigenvalue weighted by molar-refractivity contribution is -0.122. The third-order valence-electron chi connectivity index (χ3n) is 7.62. The third kappa shape index (κ3) is 30.1. The van der Waals surface area contributed by atoms with Crippen molar-refractivity contribution in [3.63, 3.8) is 0 Å². The van der Waals surface area contributed by atoms with E-state index in [1.807, 2.05) is 6.08 Å². The van der Waals surface area contributed by atoms with Crippen LogP contribution in [0.5, 0.6) is 0 Å². The van der Waals surface area contributed by atoms with E-state index in [0.29, 0.717) is 6.42 Å². The van der Waals surface area contributed by atoms with Crippen LogP contribution in [0.3, 0.4) is 0 Å². The highest BCUT2D eigenvalue weighted by molar-refractivity contribution is 7.85. The van der Waals surface area contributed by atoms with Crippen molar-refractivity contribution in [2.24, 2.45) is 0 Å². The number of unbranched alkanes of at least 4 members (excludes halogenated alkanes) is 20. The summed E-state index contributed by atoms with van der Waals surface area (Å²) in [5, 5.41) is 13.0. The minimum Gasteiger partial charge on any atom is -0.387 e. The van der Waals surface area contributed by atoms with Crippen molar-refractivity contribution in [2.45, 2.75) is 180 Å². The summed E-state index contributed by atoms with van der Waals surface area (Å²) >= 11 is 0. The number of carbonyl (C=O) groups excluding carboxylic acids is 1. The molecule has 242 valence electrons. The normalized spacial score (nSPS) is 13.8. The molecule has 0 aromatic heterocycles. The lowest BCUT2D eigenvalue weighted by Crippen LogP contribution is -2.46. The highest BCUT2D eigenvalue weighted by Crippen LogP contribution is 2.13. The van der Waals surface area contributed by atoms with Crippen molar-refractivity contribution in [1.29, 1.82) is 0 Å². The smallest absolute Gasteiger partial charge is 0.267 e. The van der Waals surface area contributed by atoms with E-state index in [0.717, 1.165) is 38.5 Å². The van der Waals surface area contributed by atoms with Crippen LogP contribution in [0, 0.1) is 0 Å². The molecule has 0 aliphatic carbocycles. The van der Waals surface area contributed by atoms with Crippen LogP contribution in [-0.2, 0) is 14.9 Å². The average Bonchev–Trinajstić information content (AvgIpc) is 2.92. The maximum atomic E-state index is 12.4. The van der Waals surface area contributed by atoms with E-state index in [9.17, 15) is 22.9 Å². The molecule has 0 aromatic rings. The second-order valence-corrected chi connectivity index (χ2v) is 13.3. The van der Waals surface area contributed by atoms with Crippen LogP contribution in [0.15, 0.2) is 24.3 Å². The van der Waals surface area contributed by atoms with Gasteiger partial charge < -0.3 is 10.4 Å². The number of hydrogen-bond acceptors (Lipinski definition) is 4. The monoisotopic (exact) mass is 599 g/mol. The Labute approximate surface area is 254 Å². The van der Waals surface area contributed by atoms with E-state index < -0.39 is 28.0 Å². The number of nitrogens with one attached hydrogen (secondary N) is 1. The van der Waals surface area contributed by atoms with Gasteiger partial charge in [-0.15, -0.1) is 0 Å². The number of rotatable bonds is 30. The Morgan fingerprint density at radius 2 is 1.02 bits per heavy atom. The Bertz CT molecular complexity index is 750. The van der Waals surface area contributed by atoms with Gasteiger partial charge >= 0.3 is 0 Å². The number of aliphatic hydroxyl groups excluding tert-OH is 1. The van der Waals surface area contributed by atoms with Crippen LogP contribution in [0.1, 0.15) is 168 Å². The highest BCUT2D eigenvalue weighted by Gasteiger charge is 2.24. The van der Waals surface area contributed by atoms with Gasteiger partial charge in [0.05, 0.1) is 17.9 Å². The molecule has 1 amide bonds. The first-order valence-electron chi connectivity index (χ1n) is 17.0. The molecule has 41 heavy (non-hydrogen) atoms. The molecule has 2 unspecified atom stereocenters. The zero-order chi connectivity index (χ0) is 30.4. The van der Waals surface area contributed by atoms with E-state index in [2.05, 4.69) is 31.3 Å². The topological polar surface area (TPSA) is 104 Å². The van der Waals surface area contributed by atoms with Gasteiger partial charge in [-0.2, -0.15) is 8.42 Å². The van der Waals surface area contributed by atoms with Crippen molar-refractivity contribution in [2.75, 3.05) is 5.75 Å². The van der Waals surface area contributed by atoms with E-state index in [4.69, 9.17) is 0 Å². The van der Waals surface area contributed by atoms with Crippen LogP contribution in [0.25, 0.3) is 0 Å². The van der Waals surface area contributed by atoms with Crippen LogP contribution in [-0.4, -0.2) is 41.9 Å². The minimum absolute atomic E-state index is 0.285. The van der Waals surface area contributed by atoms with Gasteiger partial charge in [-0.25, -0.2) is 0 Å². The van der Waals surface area contributed by atoms with Crippen molar-refractivity contribution in [1.82, 2.24) is 5.32 Å². The van der Waals surface area contributed by atoms with Crippen molar-refractivity contribution in [3.05, 3.63) is 24.3 Å². The zero-order valence-corrected chi connectivity index (χ0v) is 27.5. The first-order valence-corrected chi connectivity index (χ1v) is 18.6. The third-order valence-corrected chi connectivity index (χ3v) is 8.40. The molecule has 0 radical (unpaired) electrons. The lowest BCUT2D eigenvalue weighted by Gasteiger charge is -2.21. The van der Waals surface area contributed by atoms with Crippen LogP contribution < -0.4 is 5.32 Å². The minimum atomic E-state index is -4.33. The summed E-state index contributed by atoms with van der Waals surface area (Å²) in [5.74, 6) is -0.984. The van der Waals surface area contributed by atoms with Gasteiger partial charge in [0.15, 0.2) is 0 Å². The van der Waals surface area contributed by atoms with Gasteiger partial charge in [0, 0.05) is 6.42 Å². The molecule has 0 saturated heterocycles. The number of allylic oxidation sites excluding steroid dienone is 3. The molecule has 0 aliphatic rings. The largest absolute Gasteiger partial charge is 0.387 e. The Balaban J connectivity index is 3.86. The van der Waals surface area contributed by atoms with Gasteiger partial charge in [0.1, 0.15) is 0 Å². The summed E-state index contributed by atoms with van der Waals surface area (Å²) in [4.78, 5) is 12.4. The molecule has 0 aliphatic heterocycles. The fourth-order valence-corrected chi connectivity index (χ4v) is 5.76. The molecular weight excluding hydrogens is 534 g/mol. The standard InChI is InChI=1S/C34H65NO5S/c1-3-5-7-9-11-12-13-14-15-16-17-18-19-20-21-22-24-26-28-30-34(37)35-32(31-41(38,39)40)33(36)29-27-25-23-10-8-6-4-2/h14-15,27,29,32-33,36H,3-13,16-26,28,30-31H2,1-2H3,(H,35,37)(H,38,39,40)/b15-14-,29-27+. The van der Waals surface area contributed by atoms with Crippen molar-refractivity contribution in [3.8, 4) is 0 Å². The molecule has 0 fully saturated rings.